The molecule has 0 aromatic rings. The topological polar surface area (TPSA) is 35.2 Å². The molecule has 0 aromatic heterocycles. The molecule has 2 N–H and O–H groups in total. The third-order valence-corrected chi connectivity index (χ3v) is 1.80. The van der Waals surface area contributed by atoms with Gasteiger partial charge in [-0.25, -0.2) is 0 Å². The first-order chi connectivity index (χ1) is 4.74. The Kier molecular flexibility index (Phi) is 2.69. The molecule has 1 aliphatic carbocycles. The van der Waals surface area contributed by atoms with Crippen molar-refractivity contribution >= 4 is 0 Å². The van der Waals surface area contributed by atoms with Crippen LogP contribution < -0.4 is 5.73 Å². The minimum absolute atomic E-state index is 0.493. The van der Waals surface area contributed by atoms with Gasteiger partial charge in [0.15, 0.2) is 0 Å². The van der Waals surface area contributed by atoms with Crippen LogP contribution in [0.15, 0.2) is 0 Å². The third-order valence-electron chi connectivity index (χ3n) is 1.80. The maximum atomic E-state index is 5.54. The lowest BCUT2D eigenvalue weighted by Gasteiger charge is -2.04. The van der Waals surface area contributed by atoms with Gasteiger partial charge in [0.05, 0.1) is 6.10 Å². The largest absolute Gasteiger partial charge is 0.378 e. The normalized spacial score (nSPS) is 31.2. The van der Waals surface area contributed by atoms with Crippen LogP contribution in [0.2, 0.25) is 0 Å². The van der Waals surface area contributed by atoms with E-state index in [1.807, 2.05) is 0 Å². The zero-order chi connectivity index (χ0) is 7.56. The summed E-state index contributed by atoms with van der Waals surface area (Å²) in [7, 11) is 0. The van der Waals surface area contributed by atoms with Crippen molar-refractivity contribution in [3.8, 4) is 0 Å². The molecule has 0 saturated heterocycles. The molecule has 0 heterocycles. The third kappa shape index (κ3) is 2.27. The Morgan fingerprint density at radius 2 is 2.30 bits per heavy atom. The Labute approximate surface area is 62.7 Å². The van der Waals surface area contributed by atoms with Crippen molar-refractivity contribution in [2.24, 2.45) is 17.6 Å². The van der Waals surface area contributed by atoms with E-state index in [1.54, 1.807) is 0 Å². The second-order valence-corrected chi connectivity index (χ2v) is 3.50. The molecule has 0 radical (unpaired) electrons. The van der Waals surface area contributed by atoms with Crippen LogP contribution in [0.25, 0.3) is 0 Å². The molecule has 1 fully saturated rings. The van der Waals surface area contributed by atoms with Crippen LogP contribution in [0.5, 0.6) is 0 Å². The Morgan fingerprint density at radius 3 is 2.70 bits per heavy atom. The minimum Gasteiger partial charge on any atom is -0.378 e. The number of nitrogens with two attached hydrogens (primary N) is 1. The molecule has 0 aliphatic heterocycles. The lowest BCUT2D eigenvalue weighted by molar-refractivity contribution is 0.0873. The van der Waals surface area contributed by atoms with Gasteiger partial charge < -0.3 is 10.5 Å². The molecule has 60 valence electrons. The van der Waals surface area contributed by atoms with E-state index < -0.39 is 0 Å². The molecular weight excluding hydrogens is 126 g/mol. The van der Waals surface area contributed by atoms with E-state index >= 15 is 0 Å². The van der Waals surface area contributed by atoms with Gasteiger partial charge in [-0.05, 0) is 24.8 Å². The average molecular weight is 143 g/mol. The molecule has 2 heteroatoms. The zero-order valence-corrected chi connectivity index (χ0v) is 6.84. The first-order valence-corrected chi connectivity index (χ1v) is 4.05. The average Bonchev–Trinajstić information content (AvgIpc) is 2.61. The molecule has 1 rings (SSSR count). The van der Waals surface area contributed by atoms with Gasteiger partial charge in [-0.2, -0.15) is 0 Å². The summed E-state index contributed by atoms with van der Waals surface area (Å²) in [6.07, 6.45) is 1.68. The Morgan fingerprint density at radius 1 is 1.60 bits per heavy atom. The molecule has 0 bridgehead atoms. The molecule has 2 nitrogen and oxygen atoms in total. The van der Waals surface area contributed by atoms with Crippen LogP contribution in [0.1, 0.15) is 20.3 Å². The predicted molar refractivity (Wildman–Crippen MR) is 41.7 cm³/mol. The Balaban J connectivity index is 1.96. The number of rotatable bonds is 4. The first kappa shape index (κ1) is 8.02. The summed E-state index contributed by atoms with van der Waals surface area (Å²) in [5, 5.41) is 0. The number of ether oxygens (including phenoxy) is 1. The van der Waals surface area contributed by atoms with Crippen LogP contribution in [0.4, 0.5) is 0 Å². The van der Waals surface area contributed by atoms with E-state index in [2.05, 4.69) is 13.8 Å². The quantitative estimate of drug-likeness (QED) is 0.637. The Hall–Kier alpha value is -0.0800. The molecule has 0 spiro atoms. The summed E-state index contributed by atoms with van der Waals surface area (Å²) in [4.78, 5) is 0. The van der Waals surface area contributed by atoms with Gasteiger partial charge in [0.1, 0.15) is 0 Å². The monoisotopic (exact) mass is 143 g/mol. The van der Waals surface area contributed by atoms with Crippen LogP contribution in [0.3, 0.4) is 0 Å². The fourth-order valence-electron chi connectivity index (χ4n) is 0.988. The van der Waals surface area contributed by atoms with Crippen LogP contribution >= 0.6 is 0 Å². The zero-order valence-electron chi connectivity index (χ0n) is 6.84. The van der Waals surface area contributed by atoms with Crippen molar-refractivity contribution in [1.29, 1.82) is 0 Å². The molecule has 10 heavy (non-hydrogen) atoms. The van der Waals surface area contributed by atoms with Crippen LogP contribution in [0, 0.1) is 11.8 Å². The van der Waals surface area contributed by atoms with E-state index in [0.717, 1.165) is 13.2 Å². The highest BCUT2D eigenvalue weighted by Crippen LogP contribution is 2.32. The van der Waals surface area contributed by atoms with Gasteiger partial charge in [-0.1, -0.05) is 13.8 Å². The highest BCUT2D eigenvalue weighted by Gasteiger charge is 2.36. The van der Waals surface area contributed by atoms with E-state index in [9.17, 15) is 0 Å². The van der Waals surface area contributed by atoms with Gasteiger partial charge in [-0.15, -0.1) is 0 Å². The summed E-state index contributed by atoms with van der Waals surface area (Å²) >= 11 is 0. The van der Waals surface area contributed by atoms with E-state index in [4.69, 9.17) is 10.5 Å². The van der Waals surface area contributed by atoms with Gasteiger partial charge in [0.2, 0.25) is 0 Å². The van der Waals surface area contributed by atoms with E-state index in [0.29, 0.717) is 17.9 Å². The highest BCUT2D eigenvalue weighted by atomic mass is 16.5. The summed E-state index contributed by atoms with van der Waals surface area (Å²) < 4.78 is 5.54. The maximum Gasteiger partial charge on any atom is 0.0620 e. The predicted octanol–water partition coefficient (Wildman–Crippen LogP) is 1.01. The lowest BCUT2D eigenvalue weighted by Crippen LogP contribution is -2.09. The standard InChI is InChI=1S/C8H17NO/c1-6(2)5-10-8-3-7(8)4-9/h6-8H,3-5,9H2,1-2H3. The van der Waals surface area contributed by atoms with Crippen molar-refractivity contribution < 1.29 is 4.74 Å². The molecule has 0 amide bonds. The van der Waals surface area contributed by atoms with Crippen molar-refractivity contribution in [2.45, 2.75) is 26.4 Å². The number of hydrogen-bond donors (Lipinski definition) is 1. The summed E-state index contributed by atoms with van der Waals surface area (Å²) in [5.41, 5.74) is 5.45. The van der Waals surface area contributed by atoms with Crippen molar-refractivity contribution in [3.05, 3.63) is 0 Å². The molecule has 2 atom stereocenters. The second-order valence-electron chi connectivity index (χ2n) is 3.50. The fourth-order valence-corrected chi connectivity index (χ4v) is 0.988. The molecule has 0 aromatic carbocycles. The minimum atomic E-state index is 0.493. The van der Waals surface area contributed by atoms with E-state index in [-0.39, 0.29) is 0 Å². The SMILES string of the molecule is CC(C)COC1CC1CN. The van der Waals surface area contributed by atoms with Crippen molar-refractivity contribution in [2.75, 3.05) is 13.2 Å². The van der Waals surface area contributed by atoms with Gasteiger partial charge in [0, 0.05) is 6.61 Å². The fraction of sp³-hybridized carbons (Fsp3) is 1.00. The highest BCUT2D eigenvalue weighted by molar-refractivity contribution is 4.88. The molecule has 2 unspecified atom stereocenters. The van der Waals surface area contributed by atoms with Gasteiger partial charge in [0.25, 0.3) is 0 Å². The second kappa shape index (κ2) is 3.35. The smallest absolute Gasteiger partial charge is 0.0620 e. The Bertz CT molecular complexity index is 103. The number of hydrogen-bond acceptors (Lipinski definition) is 2. The summed E-state index contributed by atoms with van der Waals surface area (Å²) in [6, 6.07) is 0. The summed E-state index contributed by atoms with van der Waals surface area (Å²) in [5.74, 6) is 1.32. The van der Waals surface area contributed by atoms with Gasteiger partial charge >= 0.3 is 0 Å². The summed E-state index contributed by atoms with van der Waals surface area (Å²) in [6.45, 7) is 6.02. The van der Waals surface area contributed by atoms with Crippen LogP contribution in [-0.4, -0.2) is 19.3 Å². The van der Waals surface area contributed by atoms with Gasteiger partial charge in [-0.3, -0.25) is 0 Å². The molecule has 1 aliphatic rings. The van der Waals surface area contributed by atoms with Crippen molar-refractivity contribution in [1.82, 2.24) is 0 Å². The van der Waals surface area contributed by atoms with Crippen LogP contribution in [-0.2, 0) is 4.74 Å². The van der Waals surface area contributed by atoms with E-state index in [1.165, 1.54) is 6.42 Å². The molecular formula is C8H17NO. The molecule has 1 saturated carbocycles. The lowest BCUT2D eigenvalue weighted by atomic mass is 10.2. The first-order valence-electron chi connectivity index (χ1n) is 4.05. The maximum absolute atomic E-state index is 5.54. The van der Waals surface area contributed by atoms with Crippen molar-refractivity contribution in [3.63, 3.8) is 0 Å².